The molecular weight excluding hydrogens is 526 g/mol. The van der Waals surface area contributed by atoms with E-state index >= 15 is 0 Å². The van der Waals surface area contributed by atoms with Gasteiger partial charge in [0, 0.05) is 45.9 Å². The number of methoxy groups -OCH3 is 1. The molecular formula is C29H46ClNO8. The third-order valence-corrected chi connectivity index (χ3v) is 7.23. The Morgan fingerprint density at radius 2 is 1.79 bits per heavy atom. The molecule has 0 bridgehead atoms. The molecule has 1 amide bonds. The summed E-state index contributed by atoms with van der Waals surface area (Å²) in [6.07, 6.45) is 10.3. The van der Waals surface area contributed by atoms with Gasteiger partial charge in [0.2, 0.25) is 5.91 Å². The molecule has 10 heteroatoms. The Morgan fingerprint density at radius 3 is 2.38 bits per heavy atom. The number of carbonyl (C=O) groups is 4. The van der Waals surface area contributed by atoms with Gasteiger partial charge >= 0.3 is 11.9 Å². The fourth-order valence-corrected chi connectivity index (χ4v) is 5.02. The van der Waals surface area contributed by atoms with Gasteiger partial charge in [-0.2, -0.15) is 0 Å². The topological polar surface area (TPSA) is 128 Å². The van der Waals surface area contributed by atoms with Gasteiger partial charge in [-0.25, -0.2) is 0 Å². The van der Waals surface area contributed by atoms with Crippen molar-refractivity contribution in [3.63, 3.8) is 0 Å². The highest BCUT2D eigenvalue weighted by Gasteiger charge is 2.55. The summed E-state index contributed by atoms with van der Waals surface area (Å²) in [5.74, 6) is -3.44. The van der Waals surface area contributed by atoms with E-state index in [4.69, 9.17) is 25.8 Å². The van der Waals surface area contributed by atoms with Crippen LogP contribution in [0.15, 0.2) is 23.3 Å². The lowest BCUT2D eigenvalue weighted by molar-refractivity contribution is -0.191. The first-order valence-corrected chi connectivity index (χ1v) is 14.3. The molecule has 5 atom stereocenters. The van der Waals surface area contributed by atoms with Gasteiger partial charge in [-0.15, -0.1) is 0 Å². The number of rotatable bonds is 17. The molecule has 1 aliphatic carbocycles. The highest BCUT2D eigenvalue weighted by Crippen LogP contribution is 2.39. The summed E-state index contributed by atoms with van der Waals surface area (Å²) in [6, 6.07) is 0. The highest BCUT2D eigenvalue weighted by molar-refractivity contribution is 6.26. The van der Waals surface area contributed by atoms with Gasteiger partial charge in [0.05, 0.1) is 12.0 Å². The van der Waals surface area contributed by atoms with Crippen molar-refractivity contribution in [3.8, 4) is 0 Å². The van der Waals surface area contributed by atoms with Gasteiger partial charge < -0.3 is 24.6 Å². The summed E-state index contributed by atoms with van der Waals surface area (Å²) in [5, 5.41) is 13.9. The molecule has 0 aromatic heterocycles. The molecule has 9 nitrogen and oxygen atoms in total. The number of ether oxygens (including phenoxy) is 3. The second kappa shape index (κ2) is 18.2. The number of aliphatic hydroxyl groups is 1. The van der Waals surface area contributed by atoms with E-state index in [2.05, 4.69) is 12.2 Å². The molecule has 1 rings (SSSR count). The average Bonchev–Trinajstić information content (AvgIpc) is 2.86. The van der Waals surface area contributed by atoms with Crippen LogP contribution in [0.25, 0.3) is 0 Å². The number of halogens is 1. The van der Waals surface area contributed by atoms with E-state index in [1.165, 1.54) is 39.5 Å². The van der Waals surface area contributed by atoms with Crippen LogP contribution in [0.2, 0.25) is 0 Å². The Kier molecular flexibility index (Phi) is 16.2. The van der Waals surface area contributed by atoms with Crippen LogP contribution < -0.4 is 5.32 Å². The van der Waals surface area contributed by atoms with Crippen LogP contribution in [-0.4, -0.2) is 66.3 Å². The molecule has 1 fully saturated rings. The molecule has 1 aliphatic rings. The summed E-state index contributed by atoms with van der Waals surface area (Å²) in [7, 11) is 1.72. The predicted octanol–water partition coefficient (Wildman–Crippen LogP) is 4.53. The Bertz CT molecular complexity index is 869. The molecule has 0 spiro atoms. The van der Waals surface area contributed by atoms with Crippen molar-refractivity contribution in [3.05, 3.63) is 23.3 Å². The number of allylic oxidation sites excluding steroid dienone is 1. The molecule has 222 valence electrons. The molecule has 0 aromatic rings. The Balaban J connectivity index is 2.67. The van der Waals surface area contributed by atoms with Gasteiger partial charge in [0.25, 0.3) is 0 Å². The summed E-state index contributed by atoms with van der Waals surface area (Å²) >= 11 is 6.02. The third kappa shape index (κ3) is 12.2. The van der Waals surface area contributed by atoms with Gasteiger partial charge in [0.1, 0.15) is 11.7 Å². The molecule has 0 radical (unpaired) electrons. The van der Waals surface area contributed by atoms with Crippen molar-refractivity contribution in [2.24, 2.45) is 5.92 Å². The van der Waals surface area contributed by atoms with Crippen LogP contribution in [-0.2, 0) is 33.4 Å². The van der Waals surface area contributed by atoms with E-state index in [1.54, 1.807) is 7.11 Å². The maximum absolute atomic E-state index is 13.2. The molecule has 0 aliphatic heterocycles. The smallest absolute Gasteiger partial charge is 0.303 e. The molecule has 0 heterocycles. The number of amides is 1. The number of nitrogens with one attached hydrogen (secondary N) is 1. The molecule has 1 saturated carbocycles. The minimum absolute atomic E-state index is 0.109. The van der Waals surface area contributed by atoms with E-state index < -0.39 is 41.4 Å². The number of unbranched alkanes of at least 4 members (excludes halogenated alkanes) is 4. The lowest BCUT2D eigenvalue weighted by Crippen LogP contribution is -2.60. The minimum Gasteiger partial charge on any atom is -0.459 e. The van der Waals surface area contributed by atoms with Crippen LogP contribution in [0.1, 0.15) is 91.9 Å². The molecule has 0 saturated heterocycles. The first-order chi connectivity index (χ1) is 18.5. The number of hydrogen-bond donors (Lipinski definition) is 2. The molecule has 39 heavy (non-hydrogen) atoms. The van der Waals surface area contributed by atoms with Crippen LogP contribution >= 0.6 is 11.6 Å². The van der Waals surface area contributed by atoms with Crippen molar-refractivity contribution in [1.29, 1.82) is 0 Å². The zero-order valence-corrected chi connectivity index (χ0v) is 24.8. The van der Waals surface area contributed by atoms with Crippen LogP contribution in [0.3, 0.4) is 0 Å². The van der Waals surface area contributed by atoms with Crippen LogP contribution in [0.5, 0.6) is 0 Å². The first-order valence-electron chi connectivity index (χ1n) is 13.8. The van der Waals surface area contributed by atoms with E-state index in [0.717, 1.165) is 31.7 Å². The van der Waals surface area contributed by atoms with E-state index in [1.807, 2.05) is 12.2 Å². The largest absolute Gasteiger partial charge is 0.459 e. The predicted molar refractivity (Wildman–Crippen MR) is 149 cm³/mol. The van der Waals surface area contributed by atoms with Crippen LogP contribution in [0, 0.1) is 5.92 Å². The number of hydrogen-bond acceptors (Lipinski definition) is 8. The number of esters is 2. The van der Waals surface area contributed by atoms with E-state index in [-0.39, 0.29) is 37.0 Å². The normalized spacial score (nSPS) is 24.4. The van der Waals surface area contributed by atoms with Gasteiger partial charge in [-0.1, -0.05) is 62.8 Å². The summed E-state index contributed by atoms with van der Waals surface area (Å²) in [4.78, 5) is 48.8. The Labute approximate surface area is 237 Å². The zero-order chi connectivity index (χ0) is 29.4. The summed E-state index contributed by atoms with van der Waals surface area (Å²) < 4.78 is 15.9. The fourth-order valence-electron chi connectivity index (χ4n) is 4.82. The zero-order valence-electron chi connectivity index (χ0n) is 24.0. The number of carbonyl (C=O) groups excluding carboxylic acids is 4. The number of Topliss-reactive ketones (excluding diaryl/α,β-unsaturated/α-hetero) is 1. The highest BCUT2D eigenvalue weighted by atomic mass is 35.5. The van der Waals surface area contributed by atoms with Gasteiger partial charge in [0.15, 0.2) is 11.9 Å². The number of ketones is 1. The standard InChI is InChI=1S/C29H46ClNO8/c1-6-7-8-9-11-14-23(37-5)15-12-10-13-16-26(34)31-19-22(18-30)27-28(35)24(38-20(2)32)17-25(29(27,4)36)39-21(3)33/h10,12,18,23-25,27,36H,6-9,11,13-17,19H2,1-5H3,(H,31,34)/b12-10+,22-18+/t23-,24-,25-,27-,29+/m0/s1. The van der Waals surface area contributed by atoms with Crippen molar-refractivity contribution < 1.29 is 38.5 Å². The molecule has 0 unspecified atom stereocenters. The van der Waals surface area contributed by atoms with Crippen molar-refractivity contribution >= 4 is 35.2 Å². The van der Waals surface area contributed by atoms with Gasteiger partial charge in [-0.05, 0) is 31.8 Å². The minimum atomic E-state index is -1.83. The Morgan fingerprint density at radius 1 is 1.13 bits per heavy atom. The van der Waals surface area contributed by atoms with Crippen molar-refractivity contribution in [2.75, 3.05) is 13.7 Å². The van der Waals surface area contributed by atoms with E-state index in [9.17, 15) is 24.3 Å². The second-order valence-electron chi connectivity index (χ2n) is 10.3. The van der Waals surface area contributed by atoms with Crippen molar-refractivity contribution in [1.82, 2.24) is 5.32 Å². The molecule has 0 aromatic carbocycles. The fraction of sp³-hybridized carbons (Fsp3) is 0.724. The van der Waals surface area contributed by atoms with E-state index in [0.29, 0.717) is 6.42 Å². The first kappa shape index (κ1) is 34.8. The van der Waals surface area contributed by atoms with Gasteiger partial charge in [-0.3, -0.25) is 19.2 Å². The quantitative estimate of drug-likeness (QED) is 0.148. The average molecular weight is 572 g/mol. The summed E-state index contributed by atoms with van der Waals surface area (Å²) in [5.41, 5.74) is -0.501. The van der Waals surface area contributed by atoms with Crippen LogP contribution in [0.4, 0.5) is 0 Å². The van der Waals surface area contributed by atoms with Crippen molar-refractivity contribution in [2.45, 2.75) is 116 Å². The molecule has 2 N–H and O–H groups in total. The second-order valence-corrected chi connectivity index (χ2v) is 10.5. The maximum Gasteiger partial charge on any atom is 0.303 e. The monoisotopic (exact) mass is 571 g/mol. The SMILES string of the molecule is CCCCCCC[C@@H](C/C=C/CCC(=O)NC/C(=C\Cl)[C@H]1C(=O)[C@@H](OC(C)=O)C[C@H](OC(C)=O)[C@@]1(C)O)OC. The lowest BCUT2D eigenvalue weighted by Gasteiger charge is -2.44. The third-order valence-electron chi connectivity index (χ3n) is 6.95. The maximum atomic E-state index is 13.2. The lowest BCUT2D eigenvalue weighted by atomic mass is 9.69. The Hall–Kier alpha value is -2.23. The summed E-state index contributed by atoms with van der Waals surface area (Å²) in [6.45, 7) is 5.79.